The predicted molar refractivity (Wildman–Crippen MR) is 100 cm³/mol. The summed E-state index contributed by atoms with van der Waals surface area (Å²) in [6.45, 7) is -0.656. The third kappa shape index (κ3) is 6.66. The largest absolute Gasteiger partial charge is 0.504 e. The molecule has 0 radical (unpaired) electrons. The minimum atomic E-state index is -5.01. The van der Waals surface area contributed by atoms with Gasteiger partial charge in [-0.05, 0) is 54.3 Å². The highest BCUT2D eigenvalue weighted by molar-refractivity contribution is 5.97. The molecular weight excluding hydrogens is 442 g/mol. The first kappa shape index (κ1) is 24.6. The molecule has 0 bridgehead atoms. The molecule has 0 spiro atoms. The van der Waals surface area contributed by atoms with Crippen LogP contribution in [0.3, 0.4) is 0 Å². The number of alkyl halides is 6. The lowest BCUT2D eigenvalue weighted by atomic mass is 10.0. The smallest absolute Gasteiger partial charge is 0.416 e. The Bertz CT molecular complexity index is 1040. The first-order valence-corrected chi connectivity index (χ1v) is 8.99. The lowest BCUT2D eigenvalue weighted by Crippen LogP contribution is -2.24. The van der Waals surface area contributed by atoms with Gasteiger partial charge in [0.15, 0.2) is 11.5 Å². The van der Waals surface area contributed by atoms with Crippen molar-refractivity contribution >= 4 is 5.91 Å². The molecule has 1 amide bonds. The van der Waals surface area contributed by atoms with Gasteiger partial charge in [0.2, 0.25) is 0 Å². The molecule has 5 nitrogen and oxygen atoms in total. The molecule has 0 atom stereocenters. The maximum absolute atomic E-state index is 12.9. The van der Waals surface area contributed by atoms with Gasteiger partial charge in [0, 0.05) is 6.54 Å². The van der Waals surface area contributed by atoms with Gasteiger partial charge in [-0.1, -0.05) is 12.1 Å². The number of aryl methyl sites for hydroxylation is 1. The van der Waals surface area contributed by atoms with Crippen molar-refractivity contribution in [3.05, 3.63) is 70.3 Å². The number of hydrogen-bond acceptors (Lipinski definition) is 4. The van der Waals surface area contributed by atoms with E-state index >= 15 is 0 Å². The van der Waals surface area contributed by atoms with Crippen molar-refractivity contribution in [3.63, 3.8) is 0 Å². The molecule has 0 fully saturated rings. The fourth-order valence-electron chi connectivity index (χ4n) is 2.70. The summed E-state index contributed by atoms with van der Waals surface area (Å²) in [5, 5.41) is 30.0. The quantitative estimate of drug-likeness (QED) is 0.250. The summed E-state index contributed by atoms with van der Waals surface area (Å²) < 4.78 is 77.4. The Morgan fingerprint density at radius 3 is 2.03 bits per heavy atom. The molecule has 0 saturated carbocycles. The summed E-state index contributed by atoms with van der Waals surface area (Å²) in [6, 6.07) is 6.64. The number of nitrogens with one attached hydrogen (secondary N) is 1. The zero-order valence-corrected chi connectivity index (χ0v) is 16.2. The van der Waals surface area contributed by atoms with E-state index in [4.69, 9.17) is 5.26 Å². The molecule has 2 aromatic carbocycles. The topological polar surface area (TPSA) is 93.3 Å². The van der Waals surface area contributed by atoms with Crippen molar-refractivity contribution in [2.24, 2.45) is 0 Å². The average molecular weight is 458 g/mol. The molecule has 0 aromatic heterocycles. The Hall–Kier alpha value is -3.68. The zero-order chi connectivity index (χ0) is 24.1. The number of phenolic OH excluding ortho intramolecular Hbond substituents is 2. The molecule has 32 heavy (non-hydrogen) atoms. The summed E-state index contributed by atoms with van der Waals surface area (Å²) in [5.74, 6) is -1.62. The molecule has 0 unspecified atom stereocenters. The van der Waals surface area contributed by atoms with Crippen LogP contribution in [-0.4, -0.2) is 16.1 Å². The van der Waals surface area contributed by atoms with Crippen LogP contribution in [0.1, 0.15) is 28.7 Å². The molecule has 170 valence electrons. The van der Waals surface area contributed by atoms with E-state index in [0.717, 1.165) is 0 Å². The van der Waals surface area contributed by atoms with E-state index in [1.54, 1.807) is 6.07 Å². The van der Waals surface area contributed by atoms with Gasteiger partial charge < -0.3 is 15.5 Å². The monoisotopic (exact) mass is 458 g/mol. The predicted octanol–water partition coefficient (Wildman–Crippen LogP) is 4.83. The van der Waals surface area contributed by atoms with Crippen LogP contribution >= 0.6 is 0 Å². The first-order chi connectivity index (χ1) is 14.8. The number of nitriles is 1. The number of nitrogens with zero attached hydrogens (tertiary/aromatic N) is 1. The van der Waals surface area contributed by atoms with E-state index in [1.807, 2.05) is 0 Å². The highest BCUT2D eigenvalue weighted by Crippen LogP contribution is 2.36. The van der Waals surface area contributed by atoms with E-state index in [0.29, 0.717) is 17.7 Å². The molecule has 0 aliphatic heterocycles. The lowest BCUT2D eigenvalue weighted by molar-refractivity contribution is -0.143. The Morgan fingerprint density at radius 1 is 0.938 bits per heavy atom. The van der Waals surface area contributed by atoms with Crippen LogP contribution in [0, 0.1) is 11.3 Å². The van der Waals surface area contributed by atoms with Crippen LogP contribution in [-0.2, 0) is 30.1 Å². The minimum absolute atomic E-state index is 0.0208. The molecule has 11 heteroatoms. The lowest BCUT2D eigenvalue weighted by Gasteiger charge is -2.14. The standard InChI is InChI=1S/C21H16F6N2O3/c22-20(23,24)15-6-13(7-16(9-15)21(25,26)27)11-29-19(32)14(10-28)3-1-2-12-4-5-17(30)18(31)8-12/h3-9,30-31H,1-2,11H2,(H,29,32)/b14-3+. The molecular formula is C21H16F6N2O3. The second kappa shape index (κ2) is 9.64. The summed E-state index contributed by atoms with van der Waals surface area (Å²) in [4.78, 5) is 12.1. The van der Waals surface area contributed by atoms with Crippen molar-refractivity contribution < 1.29 is 41.4 Å². The number of phenols is 2. The summed E-state index contributed by atoms with van der Waals surface area (Å²) >= 11 is 0. The van der Waals surface area contributed by atoms with E-state index in [-0.39, 0.29) is 36.0 Å². The normalized spacial score (nSPS) is 12.3. The number of amides is 1. The van der Waals surface area contributed by atoms with E-state index in [9.17, 15) is 41.4 Å². The van der Waals surface area contributed by atoms with Crippen LogP contribution in [0.15, 0.2) is 48.0 Å². The number of rotatable bonds is 6. The van der Waals surface area contributed by atoms with E-state index < -0.39 is 41.5 Å². The van der Waals surface area contributed by atoms with Crippen molar-refractivity contribution in [1.29, 1.82) is 5.26 Å². The second-order valence-corrected chi connectivity index (χ2v) is 6.69. The molecule has 0 saturated heterocycles. The molecule has 2 aromatic rings. The van der Waals surface area contributed by atoms with E-state index in [2.05, 4.69) is 5.32 Å². The zero-order valence-electron chi connectivity index (χ0n) is 16.2. The number of halogens is 6. The number of aromatic hydroxyl groups is 2. The maximum Gasteiger partial charge on any atom is 0.416 e. The van der Waals surface area contributed by atoms with Gasteiger partial charge in [0.05, 0.1) is 11.1 Å². The average Bonchev–Trinajstić information content (AvgIpc) is 2.70. The van der Waals surface area contributed by atoms with Crippen molar-refractivity contribution in [1.82, 2.24) is 5.32 Å². The Balaban J connectivity index is 2.09. The number of allylic oxidation sites excluding steroid dienone is 1. The Kier molecular flexibility index (Phi) is 7.40. The molecule has 2 rings (SSSR count). The minimum Gasteiger partial charge on any atom is -0.504 e. The third-order valence-corrected chi connectivity index (χ3v) is 4.29. The van der Waals surface area contributed by atoms with Gasteiger partial charge in [0.25, 0.3) is 5.91 Å². The van der Waals surface area contributed by atoms with Crippen molar-refractivity contribution in [2.45, 2.75) is 31.7 Å². The van der Waals surface area contributed by atoms with Gasteiger partial charge >= 0.3 is 12.4 Å². The maximum atomic E-state index is 12.9. The summed E-state index contributed by atoms with van der Waals surface area (Å²) in [7, 11) is 0. The summed E-state index contributed by atoms with van der Waals surface area (Å²) in [6.07, 6.45) is -8.33. The van der Waals surface area contributed by atoms with Gasteiger partial charge in [-0.2, -0.15) is 31.6 Å². The van der Waals surface area contributed by atoms with Crippen LogP contribution < -0.4 is 5.32 Å². The third-order valence-electron chi connectivity index (χ3n) is 4.29. The number of carbonyl (C=O) groups is 1. The molecule has 3 N–H and O–H groups in total. The molecule has 0 heterocycles. The van der Waals surface area contributed by atoms with Crippen molar-refractivity contribution in [3.8, 4) is 17.6 Å². The summed E-state index contributed by atoms with van der Waals surface area (Å²) in [5.41, 5.74) is -3.24. The fourth-order valence-corrected chi connectivity index (χ4v) is 2.70. The Morgan fingerprint density at radius 2 is 1.53 bits per heavy atom. The van der Waals surface area contributed by atoms with Gasteiger partial charge in [-0.25, -0.2) is 0 Å². The highest BCUT2D eigenvalue weighted by atomic mass is 19.4. The van der Waals surface area contributed by atoms with Crippen molar-refractivity contribution in [2.75, 3.05) is 0 Å². The van der Waals surface area contributed by atoms with Gasteiger partial charge in [0.1, 0.15) is 11.6 Å². The Labute approximate surface area is 178 Å². The van der Waals surface area contributed by atoms with Crippen LogP contribution in [0.5, 0.6) is 11.5 Å². The van der Waals surface area contributed by atoms with E-state index in [1.165, 1.54) is 24.3 Å². The molecule has 0 aliphatic rings. The van der Waals surface area contributed by atoms with Gasteiger partial charge in [-0.15, -0.1) is 0 Å². The number of carbonyl (C=O) groups excluding carboxylic acids is 1. The number of benzene rings is 2. The van der Waals surface area contributed by atoms with Crippen LogP contribution in [0.25, 0.3) is 0 Å². The second-order valence-electron chi connectivity index (χ2n) is 6.69. The highest BCUT2D eigenvalue weighted by Gasteiger charge is 2.36. The molecule has 0 aliphatic carbocycles. The SMILES string of the molecule is N#C/C(=C\CCc1ccc(O)c(O)c1)C(=O)NCc1cc(C(F)(F)F)cc(C(F)(F)F)c1. The number of hydrogen-bond donors (Lipinski definition) is 3. The van der Waals surface area contributed by atoms with Crippen LogP contribution in [0.2, 0.25) is 0 Å². The first-order valence-electron chi connectivity index (χ1n) is 8.99. The van der Waals surface area contributed by atoms with Crippen LogP contribution in [0.4, 0.5) is 26.3 Å². The van der Waals surface area contributed by atoms with Gasteiger partial charge in [-0.3, -0.25) is 4.79 Å². The fraction of sp³-hybridized carbons (Fsp3) is 0.238.